The maximum Gasteiger partial charge on any atom is 0.305 e. The number of anilines is 1. The van der Waals surface area contributed by atoms with Crippen LogP contribution in [0, 0.1) is 13.8 Å². The Morgan fingerprint density at radius 1 is 1.38 bits per heavy atom. The maximum atomic E-state index is 10.8. The summed E-state index contributed by atoms with van der Waals surface area (Å²) in [5.74, 6) is -0.767. The molecule has 1 aliphatic heterocycles. The molecule has 1 saturated heterocycles. The van der Waals surface area contributed by atoms with Gasteiger partial charge < -0.3 is 14.7 Å². The van der Waals surface area contributed by atoms with Gasteiger partial charge in [-0.25, -0.2) is 4.98 Å². The lowest BCUT2D eigenvalue weighted by Gasteiger charge is -2.29. The minimum absolute atomic E-state index is 0.140. The molecule has 7 heteroatoms. The summed E-state index contributed by atoms with van der Waals surface area (Å²) in [5.41, 5.74) is 1.03. The van der Waals surface area contributed by atoms with Gasteiger partial charge in [-0.1, -0.05) is 0 Å². The molecule has 1 aliphatic rings. The number of aliphatic carboxylic acids is 1. The number of rotatable bonds is 7. The molecule has 0 unspecified atom stereocenters. The lowest BCUT2D eigenvalue weighted by molar-refractivity contribution is -0.136. The van der Waals surface area contributed by atoms with Gasteiger partial charge in [0.15, 0.2) is 5.13 Å². The van der Waals surface area contributed by atoms with E-state index in [0.717, 1.165) is 50.2 Å². The van der Waals surface area contributed by atoms with E-state index in [1.165, 1.54) is 4.88 Å². The number of thiazole rings is 1. The topological polar surface area (TPSA) is 65.9 Å². The highest BCUT2D eigenvalue weighted by Gasteiger charge is 2.16. The molecule has 21 heavy (non-hydrogen) atoms. The van der Waals surface area contributed by atoms with Crippen molar-refractivity contribution in [2.24, 2.45) is 0 Å². The summed E-state index contributed by atoms with van der Waals surface area (Å²) in [6.07, 6.45) is 0.140. The fourth-order valence-corrected chi connectivity index (χ4v) is 3.17. The fraction of sp³-hybridized carbons (Fsp3) is 0.714. The van der Waals surface area contributed by atoms with Crippen LogP contribution < -0.4 is 4.90 Å². The summed E-state index contributed by atoms with van der Waals surface area (Å²) in [6, 6.07) is 0. The van der Waals surface area contributed by atoms with Crippen LogP contribution in [-0.4, -0.2) is 66.9 Å². The van der Waals surface area contributed by atoms with Gasteiger partial charge in [0.05, 0.1) is 25.3 Å². The molecule has 6 nitrogen and oxygen atoms in total. The van der Waals surface area contributed by atoms with Gasteiger partial charge in [-0.2, -0.15) is 0 Å². The van der Waals surface area contributed by atoms with Crippen LogP contribution in [0.4, 0.5) is 5.13 Å². The number of nitrogens with zero attached hydrogens (tertiary/aromatic N) is 3. The van der Waals surface area contributed by atoms with Gasteiger partial charge in [0, 0.05) is 37.6 Å². The third kappa shape index (κ3) is 4.94. The van der Waals surface area contributed by atoms with Crippen LogP contribution in [0.1, 0.15) is 17.0 Å². The molecule has 2 heterocycles. The number of hydrogen-bond donors (Lipinski definition) is 1. The number of morpholine rings is 1. The van der Waals surface area contributed by atoms with E-state index in [4.69, 9.17) is 9.84 Å². The molecular formula is C14H23N3O3S. The predicted octanol–water partition coefficient (Wildman–Crippen LogP) is 1.37. The van der Waals surface area contributed by atoms with E-state index in [0.29, 0.717) is 6.54 Å². The van der Waals surface area contributed by atoms with Crippen molar-refractivity contribution in [1.82, 2.24) is 9.88 Å². The molecule has 1 aromatic rings. The molecule has 0 spiro atoms. The number of carbonyl (C=O) groups is 1. The lowest BCUT2D eigenvalue weighted by Crippen LogP contribution is -2.42. The Labute approximate surface area is 129 Å². The van der Waals surface area contributed by atoms with E-state index in [1.807, 2.05) is 13.8 Å². The first-order chi connectivity index (χ1) is 10.1. The normalized spacial score (nSPS) is 16.1. The fourth-order valence-electron chi connectivity index (χ4n) is 2.21. The van der Waals surface area contributed by atoms with Crippen LogP contribution >= 0.6 is 11.3 Å². The molecule has 1 aromatic heterocycles. The van der Waals surface area contributed by atoms with Crippen LogP contribution in [0.2, 0.25) is 0 Å². The van der Waals surface area contributed by atoms with Crippen LogP contribution in [-0.2, 0) is 9.53 Å². The summed E-state index contributed by atoms with van der Waals surface area (Å²) in [5, 5.41) is 9.85. The van der Waals surface area contributed by atoms with Crippen molar-refractivity contribution in [2.45, 2.75) is 20.3 Å². The second kappa shape index (κ2) is 7.72. The summed E-state index contributed by atoms with van der Waals surface area (Å²) < 4.78 is 5.35. The number of carboxylic acid groups (broad SMARTS) is 1. The zero-order valence-corrected chi connectivity index (χ0v) is 13.5. The van der Waals surface area contributed by atoms with Gasteiger partial charge in [-0.3, -0.25) is 9.69 Å². The van der Waals surface area contributed by atoms with E-state index >= 15 is 0 Å². The minimum atomic E-state index is -0.767. The summed E-state index contributed by atoms with van der Waals surface area (Å²) >= 11 is 1.64. The first-order valence-electron chi connectivity index (χ1n) is 7.27. The quantitative estimate of drug-likeness (QED) is 0.820. The Kier molecular flexibility index (Phi) is 5.96. The summed E-state index contributed by atoms with van der Waals surface area (Å²) in [4.78, 5) is 21.0. The SMILES string of the molecule is Cc1nc(N(CCC(=O)O)CCN2CCOCC2)sc1C. The zero-order chi connectivity index (χ0) is 15.2. The molecule has 0 bridgehead atoms. The predicted molar refractivity (Wildman–Crippen MR) is 83.3 cm³/mol. The molecule has 0 amide bonds. The first kappa shape index (κ1) is 16.2. The zero-order valence-electron chi connectivity index (χ0n) is 12.7. The molecule has 0 aliphatic carbocycles. The number of aryl methyl sites for hydroxylation is 2. The van der Waals surface area contributed by atoms with Crippen molar-refractivity contribution in [2.75, 3.05) is 50.8 Å². The van der Waals surface area contributed by atoms with Gasteiger partial charge in [-0.15, -0.1) is 11.3 Å². The van der Waals surface area contributed by atoms with E-state index in [9.17, 15) is 4.79 Å². The monoisotopic (exact) mass is 313 g/mol. The molecule has 0 aromatic carbocycles. The van der Waals surface area contributed by atoms with Crippen molar-refractivity contribution < 1.29 is 14.6 Å². The van der Waals surface area contributed by atoms with Gasteiger partial charge >= 0.3 is 5.97 Å². The second-order valence-electron chi connectivity index (χ2n) is 5.22. The van der Waals surface area contributed by atoms with Crippen molar-refractivity contribution in [1.29, 1.82) is 0 Å². The molecule has 0 atom stereocenters. The Bertz CT molecular complexity index is 453. The van der Waals surface area contributed by atoms with Gasteiger partial charge in [0.25, 0.3) is 0 Å². The van der Waals surface area contributed by atoms with Gasteiger partial charge in [0.2, 0.25) is 0 Å². The van der Waals surface area contributed by atoms with E-state index < -0.39 is 5.97 Å². The van der Waals surface area contributed by atoms with Crippen LogP contribution in [0.15, 0.2) is 0 Å². The number of ether oxygens (including phenoxy) is 1. The van der Waals surface area contributed by atoms with Crippen molar-refractivity contribution >= 4 is 22.4 Å². The number of hydrogen-bond acceptors (Lipinski definition) is 6. The molecule has 1 fully saturated rings. The van der Waals surface area contributed by atoms with E-state index in [1.54, 1.807) is 11.3 Å². The van der Waals surface area contributed by atoms with Gasteiger partial charge in [0.1, 0.15) is 0 Å². The second-order valence-corrected chi connectivity index (χ2v) is 6.40. The highest BCUT2D eigenvalue weighted by atomic mass is 32.1. The molecule has 118 valence electrons. The van der Waals surface area contributed by atoms with Gasteiger partial charge in [-0.05, 0) is 13.8 Å². The van der Waals surface area contributed by atoms with E-state index in [2.05, 4.69) is 14.8 Å². The summed E-state index contributed by atoms with van der Waals surface area (Å²) in [7, 11) is 0. The minimum Gasteiger partial charge on any atom is -0.481 e. The molecule has 1 N–H and O–H groups in total. The summed E-state index contributed by atoms with van der Waals surface area (Å²) in [6.45, 7) is 9.73. The number of aromatic nitrogens is 1. The number of carboxylic acids is 1. The largest absolute Gasteiger partial charge is 0.481 e. The average molecular weight is 313 g/mol. The van der Waals surface area contributed by atoms with Crippen LogP contribution in [0.5, 0.6) is 0 Å². The van der Waals surface area contributed by atoms with Crippen LogP contribution in [0.25, 0.3) is 0 Å². The maximum absolute atomic E-state index is 10.8. The molecule has 2 rings (SSSR count). The lowest BCUT2D eigenvalue weighted by atomic mass is 10.3. The standard InChI is InChI=1S/C14H23N3O3S/c1-11-12(2)21-14(15-11)17(4-3-13(18)19)6-5-16-7-9-20-10-8-16/h3-10H2,1-2H3,(H,18,19). The highest BCUT2D eigenvalue weighted by molar-refractivity contribution is 7.15. The van der Waals surface area contributed by atoms with Crippen molar-refractivity contribution in [3.63, 3.8) is 0 Å². The molecule has 0 radical (unpaired) electrons. The van der Waals surface area contributed by atoms with Crippen molar-refractivity contribution in [3.8, 4) is 0 Å². The Morgan fingerprint density at radius 3 is 2.67 bits per heavy atom. The Balaban J connectivity index is 1.95. The third-order valence-electron chi connectivity index (χ3n) is 3.67. The smallest absolute Gasteiger partial charge is 0.305 e. The van der Waals surface area contributed by atoms with Crippen LogP contribution in [0.3, 0.4) is 0 Å². The third-order valence-corrected chi connectivity index (χ3v) is 4.81. The average Bonchev–Trinajstić information content (AvgIpc) is 2.79. The molecular weight excluding hydrogens is 290 g/mol. The highest BCUT2D eigenvalue weighted by Crippen LogP contribution is 2.25. The first-order valence-corrected chi connectivity index (χ1v) is 8.09. The van der Waals surface area contributed by atoms with E-state index in [-0.39, 0.29) is 6.42 Å². The molecule has 0 saturated carbocycles. The van der Waals surface area contributed by atoms with Crippen molar-refractivity contribution in [3.05, 3.63) is 10.6 Å². The Morgan fingerprint density at radius 2 is 2.10 bits per heavy atom. The Hall–Kier alpha value is -1.18.